The maximum absolute atomic E-state index is 3.64. The average Bonchev–Trinajstić information content (AvgIpc) is 1.88. The van der Waals surface area contributed by atoms with Crippen molar-refractivity contribution in [3.05, 3.63) is 24.4 Å². The van der Waals surface area contributed by atoms with Crippen LogP contribution in [0.5, 0.6) is 0 Å². The van der Waals surface area contributed by atoms with Crippen molar-refractivity contribution in [3.8, 4) is 0 Å². The van der Waals surface area contributed by atoms with Gasteiger partial charge in [0, 0.05) is 6.20 Å². The third-order valence-corrected chi connectivity index (χ3v) is 1.06. The monoisotopic (exact) mass is 123 g/mol. The molecule has 0 fully saturated rings. The van der Waals surface area contributed by atoms with Gasteiger partial charge in [0.15, 0.2) is 0 Å². The number of allylic oxidation sites excluding steroid dienone is 2. The molecule has 1 heteroatoms. The lowest BCUT2D eigenvalue weighted by Crippen LogP contribution is -1.73. The fourth-order valence-corrected chi connectivity index (χ4v) is 0.625. The third-order valence-electron chi connectivity index (χ3n) is 1.06. The van der Waals surface area contributed by atoms with Crippen molar-refractivity contribution in [1.82, 2.24) is 0 Å². The quantitative estimate of drug-likeness (QED) is 0.402. The minimum atomic E-state index is 1.04. The lowest BCUT2D eigenvalue weighted by atomic mass is 10.2. The molecule has 0 aliphatic rings. The lowest BCUT2D eigenvalue weighted by Gasteiger charge is -1.93. The Balaban J connectivity index is 3.80. The van der Waals surface area contributed by atoms with E-state index in [9.17, 15) is 0 Å². The van der Waals surface area contributed by atoms with Crippen LogP contribution in [-0.2, 0) is 0 Å². The number of hydrogen-bond donors (Lipinski definition) is 0. The molecule has 0 saturated heterocycles. The Kier molecular flexibility index (Phi) is 4.79. The largest absolute Gasteiger partial charge is 0.272 e. The first-order valence-corrected chi connectivity index (χ1v) is 3.12. The van der Waals surface area contributed by atoms with Gasteiger partial charge >= 0.3 is 0 Å². The molecular formula is C8H13N. The molecule has 0 bridgehead atoms. The summed E-state index contributed by atoms with van der Waals surface area (Å²) in [5.74, 6) is 0. The molecule has 0 amide bonds. The van der Waals surface area contributed by atoms with E-state index in [0.29, 0.717) is 0 Å². The molecule has 0 saturated carbocycles. The van der Waals surface area contributed by atoms with Crippen LogP contribution >= 0.6 is 0 Å². The summed E-state index contributed by atoms with van der Waals surface area (Å²) in [6.07, 6.45) is 5.74. The van der Waals surface area contributed by atoms with Crippen LogP contribution in [0.4, 0.5) is 0 Å². The average molecular weight is 123 g/mol. The van der Waals surface area contributed by atoms with E-state index in [1.54, 1.807) is 6.20 Å². The molecule has 1 nitrogen and oxygen atoms in total. The Labute approximate surface area is 56.8 Å². The van der Waals surface area contributed by atoms with Crippen LogP contribution in [0.15, 0.2) is 29.4 Å². The molecule has 0 rings (SSSR count). The maximum Gasteiger partial charge on any atom is 0.0292 e. The van der Waals surface area contributed by atoms with E-state index in [-0.39, 0.29) is 0 Å². The van der Waals surface area contributed by atoms with Crippen LogP contribution in [0, 0.1) is 0 Å². The molecule has 0 aliphatic carbocycles. The molecule has 0 aromatic rings. The highest BCUT2D eigenvalue weighted by Crippen LogP contribution is 2.04. The Hall–Kier alpha value is -0.850. The molecule has 0 unspecified atom stereocenters. The first-order chi connectivity index (χ1) is 4.35. The number of rotatable bonds is 4. The molecule has 0 radical (unpaired) electrons. The zero-order valence-corrected chi connectivity index (χ0v) is 5.93. The van der Waals surface area contributed by atoms with Crippen molar-refractivity contribution < 1.29 is 0 Å². The van der Waals surface area contributed by atoms with Crippen molar-refractivity contribution in [3.63, 3.8) is 0 Å². The molecule has 9 heavy (non-hydrogen) atoms. The number of aliphatic imine (C=N–C) groups is 1. The zero-order valence-electron chi connectivity index (χ0n) is 5.93. The van der Waals surface area contributed by atoms with Crippen LogP contribution in [0.25, 0.3) is 0 Å². The Bertz CT molecular complexity index is 123. The summed E-state index contributed by atoms with van der Waals surface area (Å²) in [5.41, 5.74) is 1.16. The van der Waals surface area contributed by atoms with E-state index in [4.69, 9.17) is 0 Å². The summed E-state index contributed by atoms with van der Waals surface area (Å²) in [4.78, 5) is 3.64. The first-order valence-electron chi connectivity index (χ1n) is 3.12. The van der Waals surface area contributed by atoms with Gasteiger partial charge in [0.25, 0.3) is 0 Å². The van der Waals surface area contributed by atoms with Crippen molar-refractivity contribution in [2.75, 3.05) is 0 Å². The molecule has 0 aliphatic heterocycles. The van der Waals surface area contributed by atoms with E-state index in [1.807, 2.05) is 6.08 Å². The smallest absolute Gasteiger partial charge is 0.0292 e. The van der Waals surface area contributed by atoms with Gasteiger partial charge in [0.1, 0.15) is 0 Å². The van der Waals surface area contributed by atoms with Crippen LogP contribution in [0.3, 0.4) is 0 Å². The fourth-order valence-electron chi connectivity index (χ4n) is 0.625. The lowest BCUT2D eigenvalue weighted by molar-refractivity contribution is 0.923. The normalized spacial score (nSPS) is 11.0. The third kappa shape index (κ3) is 3.71. The predicted octanol–water partition coefficient (Wildman–Crippen LogP) is 2.56. The zero-order chi connectivity index (χ0) is 7.11. The summed E-state index contributed by atoms with van der Waals surface area (Å²) in [6, 6.07) is 0. The summed E-state index contributed by atoms with van der Waals surface area (Å²) < 4.78 is 0. The Morgan fingerprint density at radius 3 is 2.67 bits per heavy atom. The minimum absolute atomic E-state index is 1.04. The Morgan fingerprint density at radius 2 is 2.33 bits per heavy atom. The van der Waals surface area contributed by atoms with Gasteiger partial charge in [-0.2, -0.15) is 0 Å². The van der Waals surface area contributed by atoms with Crippen LogP contribution in [0.2, 0.25) is 0 Å². The summed E-state index contributed by atoms with van der Waals surface area (Å²) in [6.45, 7) is 9.12. The highest BCUT2D eigenvalue weighted by Gasteiger charge is 1.85. The topological polar surface area (TPSA) is 12.4 Å². The van der Waals surface area contributed by atoms with Crippen molar-refractivity contribution in [2.45, 2.75) is 19.8 Å². The van der Waals surface area contributed by atoms with Crippen LogP contribution in [-0.4, -0.2) is 6.72 Å². The highest BCUT2D eigenvalue weighted by atomic mass is 14.6. The molecule has 0 atom stereocenters. The van der Waals surface area contributed by atoms with Gasteiger partial charge in [-0.15, -0.1) is 0 Å². The van der Waals surface area contributed by atoms with Crippen molar-refractivity contribution in [1.29, 1.82) is 0 Å². The SMILES string of the molecule is C=C/C(=C\N=C)CCC. The van der Waals surface area contributed by atoms with Gasteiger partial charge in [0.2, 0.25) is 0 Å². The van der Waals surface area contributed by atoms with Gasteiger partial charge in [0.05, 0.1) is 0 Å². The molecule has 0 aromatic heterocycles. The van der Waals surface area contributed by atoms with E-state index >= 15 is 0 Å². The first kappa shape index (κ1) is 8.15. The molecule has 0 spiro atoms. The Morgan fingerprint density at radius 1 is 1.67 bits per heavy atom. The van der Waals surface area contributed by atoms with Crippen molar-refractivity contribution >= 4 is 6.72 Å². The van der Waals surface area contributed by atoms with Gasteiger partial charge in [-0.1, -0.05) is 26.0 Å². The molecule has 0 heterocycles. The van der Waals surface area contributed by atoms with Crippen LogP contribution in [0.1, 0.15) is 19.8 Å². The predicted molar refractivity (Wildman–Crippen MR) is 42.7 cm³/mol. The van der Waals surface area contributed by atoms with Gasteiger partial charge in [-0.3, -0.25) is 4.99 Å². The maximum atomic E-state index is 3.64. The highest BCUT2D eigenvalue weighted by molar-refractivity contribution is 5.28. The van der Waals surface area contributed by atoms with Crippen LogP contribution < -0.4 is 0 Å². The van der Waals surface area contributed by atoms with Gasteiger partial charge in [-0.05, 0) is 18.7 Å². The summed E-state index contributed by atoms with van der Waals surface area (Å²) >= 11 is 0. The second-order valence-electron chi connectivity index (χ2n) is 1.84. The van der Waals surface area contributed by atoms with E-state index in [1.165, 1.54) is 0 Å². The van der Waals surface area contributed by atoms with Gasteiger partial charge in [-0.25, -0.2) is 0 Å². The van der Waals surface area contributed by atoms with E-state index in [0.717, 1.165) is 18.4 Å². The summed E-state index contributed by atoms with van der Waals surface area (Å²) in [5, 5.41) is 0. The molecule has 0 aromatic carbocycles. The second-order valence-corrected chi connectivity index (χ2v) is 1.84. The van der Waals surface area contributed by atoms with E-state index in [2.05, 4.69) is 25.2 Å². The molecule has 0 N–H and O–H groups in total. The number of nitrogens with zero attached hydrogens (tertiary/aromatic N) is 1. The standard InChI is InChI=1S/C8H13N/c1-4-6-8(5-2)7-9-3/h5,7H,2-4,6H2,1H3/b8-7+. The minimum Gasteiger partial charge on any atom is -0.272 e. The van der Waals surface area contributed by atoms with Crippen molar-refractivity contribution in [2.24, 2.45) is 4.99 Å². The van der Waals surface area contributed by atoms with E-state index < -0.39 is 0 Å². The van der Waals surface area contributed by atoms with Gasteiger partial charge < -0.3 is 0 Å². The molecule has 50 valence electrons. The fraction of sp³-hybridized carbons (Fsp3) is 0.375. The summed E-state index contributed by atoms with van der Waals surface area (Å²) in [7, 11) is 0. The number of hydrogen-bond acceptors (Lipinski definition) is 1. The second kappa shape index (κ2) is 5.29. The molecular weight excluding hydrogens is 110 g/mol.